The van der Waals surface area contributed by atoms with Crippen LogP contribution < -0.4 is 10.9 Å². The van der Waals surface area contributed by atoms with Gasteiger partial charge in [-0.15, -0.1) is 11.8 Å². The fourth-order valence-electron chi connectivity index (χ4n) is 3.46. The molecule has 2 aromatic carbocycles. The lowest BCUT2D eigenvalue weighted by Crippen LogP contribution is -2.35. The molecule has 0 aliphatic carbocycles. The summed E-state index contributed by atoms with van der Waals surface area (Å²) in [6.45, 7) is 0.273. The Morgan fingerprint density at radius 1 is 1.12 bits per heavy atom. The standard InChI is InChI=1S/C23H19ClN2O5S/c24-16-8-6-14(7-9-16)10-26-11-17(22(28)29)20-19(21(26)27)18(13-32-20)25-23(30)31-12-15-4-2-1-3-5-15/h1-9,11,18H,10,12-13H2,(H,25,30)(H,28,29)/t18-/m0/s1. The summed E-state index contributed by atoms with van der Waals surface area (Å²) in [7, 11) is 0. The maximum absolute atomic E-state index is 13.2. The van der Waals surface area contributed by atoms with Crippen LogP contribution in [0.25, 0.3) is 0 Å². The van der Waals surface area contributed by atoms with E-state index in [1.54, 1.807) is 24.3 Å². The highest BCUT2D eigenvalue weighted by Gasteiger charge is 2.33. The number of halogens is 1. The van der Waals surface area contributed by atoms with Crippen molar-refractivity contribution >= 4 is 35.4 Å². The van der Waals surface area contributed by atoms with Crippen LogP contribution in [0.5, 0.6) is 0 Å². The molecule has 1 atom stereocenters. The minimum absolute atomic E-state index is 0.0283. The normalized spacial score (nSPS) is 14.6. The van der Waals surface area contributed by atoms with E-state index in [1.807, 2.05) is 30.3 Å². The molecule has 2 N–H and O–H groups in total. The first-order chi connectivity index (χ1) is 15.4. The number of fused-ring (bicyclic) bond motifs is 1. The number of rotatable bonds is 6. The molecule has 0 spiro atoms. The molecule has 2 heterocycles. The van der Waals surface area contributed by atoms with Gasteiger partial charge in [-0.2, -0.15) is 0 Å². The van der Waals surface area contributed by atoms with Crippen LogP contribution in [0.1, 0.15) is 33.1 Å². The number of carboxylic acid groups (broad SMARTS) is 1. The van der Waals surface area contributed by atoms with Crippen LogP contribution >= 0.6 is 23.4 Å². The molecule has 4 rings (SSSR count). The van der Waals surface area contributed by atoms with E-state index in [1.165, 1.54) is 22.5 Å². The van der Waals surface area contributed by atoms with Crippen LogP contribution in [0.4, 0.5) is 4.79 Å². The lowest BCUT2D eigenvalue weighted by molar-refractivity contribution is 0.0691. The smallest absolute Gasteiger partial charge is 0.407 e. The number of carbonyl (C=O) groups is 2. The monoisotopic (exact) mass is 470 g/mol. The average molecular weight is 471 g/mol. The second-order valence-electron chi connectivity index (χ2n) is 7.22. The summed E-state index contributed by atoms with van der Waals surface area (Å²) in [4.78, 5) is 37.8. The van der Waals surface area contributed by atoms with E-state index in [-0.39, 0.29) is 29.8 Å². The number of aromatic carboxylic acids is 1. The van der Waals surface area contributed by atoms with Gasteiger partial charge in [-0.3, -0.25) is 4.79 Å². The van der Waals surface area contributed by atoms with Gasteiger partial charge in [-0.25, -0.2) is 9.59 Å². The summed E-state index contributed by atoms with van der Waals surface area (Å²) in [5, 5.41) is 13.0. The molecular formula is C23H19ClN2O5S. The number of carboxylic acids is 1. The number of amides is 1. The molecule has 1 amide bonds. The minimum Gasteiger partial charge on any atom is -0.478 e. The SMILES string of the molecule is O=C(N[C@H]1CSc2c(C(=O)O)cn(Cc3ccc(Cl)cc3)c(=O)c21)OCc1ccccc1. The highest BCUT2D eigenvalue weighted by molar-refractivity contribution is 7.99. The second-order valence-corrected chi connectivity index (χ2v) is 8.69. The largest absolute Gasteiger partial charge is 0.478 e. The van der Waals surface area contributed by atoms with Gasteiger partial charge >= 0.3 is 12.1 Å². The Kier molecular flexibility index (Phi) is 6.53. The van der Waals surface area contributed by atoms with E-state index in [0.29, 0.717) is 15.7 Å². The van der Waals surface area contributed by atoms with Crippen molar-refractivity contribution < 1.29 is 19.4 Å². The highest BCUT2D eigenvalue weighted by atomic mass is 35.5. The van der Waals surface area contributed by atoms with E-state index in [4.69, 9.17) is 16.3 Å². The van der Waals surface area contributed by atoms with Crippen molar-refractivity contribution in [3.05, 3.63) is 98.4 Å². The van der Waals surface area contributed by atoms with Crippen molar-refractivity contribution in [2.75, 3.05) is 5.75 Å². The number of ether oxygens (including phenoxy) is 1. The summed E-state index contributed by atoms with van der Waals surface area (Å²) >= 11 is 7.16. The number of alkyl carbamates (subject to hydrolysis) is 1. The van der Waals surface area contributed by atoms with Crippen LogP contribution in [0.2, 0.25) is 5.02 Å². The third-order valence-electron chi connectivity index (χ3n) is 5.01. The Labute approximate surface area is 193 Å². The lowest BCUT2D eigenvalue weighted by atomic mass is 10.1. The van der Waals surface area contributed by atoms with Gasteiger partial charge in [0, 0.05) is 21.9 Å². The van der Waals surface area contributed by atoms with Crippen LogP contribution in [0.3, 0.4) is 0 Å². The fourth-order valence-corrected chi connectivity index (χ4v) is 4.85. The first kappa shape index (κ1) is 22.0. The first-order valence-electron chi connectivity index (χ1n) is 9.77. The molecular weight excluding hydrogens is 452 g/mol. The maximum Gasteiger partial charge on any atom is 0.407 e. The van der Waals surface area contributed by atoms with Crippen molar-refractivity contribution in [2.45, 2.75) is 24.1 Å². The van der Waals surface area contributed by atoms with Crippen LogP contribution in [-0.4, -0.2) is 27.5 Å². The molecule has 0 unspecified atom stereocenters. The number of thioether (sulfide) groups is 1. The molecule has 0 radical (unpaired) electrons. The Morgan fingerprint density at radius 3 is 2.53 bits per heavy atom. The Balaban J connectivity index is 1.58. The molecule has 9 heteroatoms. The summed E-state index contributed by atoms with van der Waals surface area (Å²) in [6.07, 6.45) is 0.679. The molecule has 1 aliphatic rings. The van der Waals surface area contributed by atoms with Crippen molar-refractivity contribution in [3.8, 4) is 0 Å². The van der Waals surface area contributed by atoms with Crippen molar-refractivity contribution in [2.24, 2.45) is 0 Å². The van der Waals surface area contributed by atoms with Crippen molar-refractivity contribution in [1.82, 2.24) is 9.88 Å². The number of pyridine rings is 1. The van der Waals surface area contributed by atoms with Gasteiger partial charge in [0.15, 0.2) is 0 Å². The number of nitrogens with zero attached hydrogens (tertiary/aromatic N) is 1. The number of aromatic nitrogens is 1. The van der Waals surface area contributed by atoms with E-state index in [0.717, 1.165) is 11.1 Å². The van der Waals surface area contributed by atoms with Gasteiger partial charge in [-0.05, 0) is 23.3 Å². The van der Waals surface area contributed by atoms with Gasteiger partial charge in [-0.1, -0.05) is 54.1 Å². The van der Waals surface area contributed by atoms with Gasteiger partial charge < -0.3 is 19.7 Å². The van der Waals surface area contributed by atoms with Gasteiger partial charge in [0.25, 0.3) is 5.56 Å². The zero-order chi connectivity index (χ0) is 22.7. The summed E-state index contributed by atoms with van der Waals surface area (Å²) in [5.74, 6) is -0.790. The van der Waals surface area contributed by atoms with E-state index >= 15 is 0 Å². The molecule has 0 saturated carbocycles. The molecule has 0 bridgehead atoms. The third-order valence-corrected chi connectivity index (χ3v) is 6.49. The molecule has 32 heavy (non-hydrogen) atoms. The molecule has 164 valence electrons. The number of benzene rings is 2. The van der Waals surface area contributed by atoms with Gasteiger partial charge in [0.2, 0.25) is 0 Å². The second kappa shape index (κ2) is 9.50. The minimum atomic E-state index is -1.13. The Morgan fingerprint density at radius 2 is 1.84 bits per heavy atom. The molecule has 3 aromatic rings. The van der Waals surface area contributed by atoms with E-state index in [9.17, 15) is 19.5 Å². The predicted molar refractivity (Wildman–Crippen MR) is 121 cm³/mol. The van der Waals surface area contributed by atoms with Crippen molar-refractivity contribution in [3.63, 3.8) is 0 Å². The Hall–Kier alpha value is -3.23. The predicted octanol–water partition coefficient (Wildman–Crippen LogP) is 4.32. The number of nitrogens with one attached hydrogen (secondary N) is 1. The number of hydrogen-bond donors (Lipinski definition) is 2. The van der Waals surface area contributed by atoms with Gasteiger partial charge in [0.1, 0.15) is 6.61 Å². The van der Waals surface area contributed by atoms with Crippen molar-refractivity contribution in [1.29, 1.82) is 0 Å². The summed E-state index contributed by atoms with van der Waals surface area (Å²) < 4.78 is 6.61. The molecule has 1 aromatic heterocycles. The lowest BCUT2D eigenvalue weighted by Gasteiger charge is -2.16. The summed E-state index contributed by atoms with van der Waals surface area (Å²) in [5.41, 5.74) is 1.58. The number of hydrogen-bond acceptors (Lipinski definition) is 5. The third kappa shape index (κ3) is 4.81. The van der Waals surface area contributed by atoms with E-state index in [2.05, 4.69) is 5.32 Å². The zero-order valence-electron chi connectivity index (χ0n) is 16.8. The quantitative estimate of drug-likeness (QED) is 0.556. The fraction of sp³-hybridized carbons (Fsp3) is 0.174. The van der Waals surface area contributed by atoms with Gasteiger partial charge in [0.05, 0.1) is 23.7 Å². The Bertz CT molecular complexity index is 1210. The molecule has 1 aliphatic heterocycles. The summed E-state index contributed by atoms with van der Waals surface area (Å²) in [6, 6.07) is 15.5. The number of carbonyl (C=O) groups excluding carboxylic acids is 1. The molecule has 0 saturated heterocycles. The first-order valence-corrected chi connectivity index (χ1v) is 11.1. The molecule has 0 fully saturated rings. The topological polar surface area (TPSA) is 97.6 Å². The van der Waals surface area contributed by atoms with Crippen LogP contribution in [0, 0.1) is 0 Å². The van der Waals surface area contributed by atoms with Crippen LogP contribution in [-0.2, 0) is 17.9 Å². The van der Waals surface area contributed by atoms with Crippen LogP contribution in [0.15, 0.2) is 70.5 Å². The highest BCUT2D eigenvalue weighted by Crippen LogP contribution is 2.38. The zero-order valence-corrected chi connectivity index (χ0v) is 18.4. The van der Waals surface area contributed by atoms with E-state index < -0.39 is 18.1 Å². The average Bonchev–Trinajstić information content (AvgIpc) is 3.20. The maximum atomic E-state index is 13.2. The molecule has 7 nitrogen and oxygen atoms in total.